The molecule has 2 heteroatoms. The highest BCUT2D eigenvalue weighted by atomic mass is 16.5. The van der Waals surface area contributed by atoms with E-state index in [1.54, 1.807) is 0 Å². The van der Waals surface area contributed by atoms with E-state index in [0.29, 0.717) is 12.5 Å². The van der Waals surface area contributed by atoms with Gasteiger partial charge in [-0.15, -0.1) is 0 Å². The number of allylic oxidation sites excluding steroid dienone is 2. The first-order chi connectivity index (χ1) is 6.52. The van der Waals surface area contributed by atoms with Gasteiger partial charge in [0, 0.05) is 6.92 Å². The monoisotopic (exact) mass is 198 g/mol. The zero-order chi connectivity index (χ0) is 11.0. The third-order valence-electron chi connectivity index (χ3n) is 1.98. The van der Waals surface area contributed by atoms with Crippen molar-refractivity contribution in [2.24, 2.45) is 5.92 Å². The minimum atomic E-state index is -0.178. The Morgan fingerprint density at radius 3 is 2.43 bits per heavy atom. The van der Waals surface area contributed by atoms with Gasteiger partial charge in [0.25, 0.3) is 0 Å². The smallest absolute Gasteiger partial charge is 0.302 e. The third-order valence-corrected chi connectivity index (χ3v) is 1.98. The molecular formula is C12H22O2. The van der Waals surface area contributed by atoms with Gasteiger partial charge in [-0.2, -0.15) is 0 Å². The Kier molecular flexibility index (Phi) is 7.17. The van der Waals surface area contributed by atoms with Crippen molar-refractivity contribution >= 4 is 5.97 Å². The SMILES string of the molecule is CC(=O)OCCCCC(C)C=C(C)C. The van der Waals surface area contributed by atoms with Crippen molar-refractivity contribution in [1.82, 2.24) is 0 Å². The van der Waals surface area contributed by atoms with Gasteiger partial charge in [-0.25, -0.2) is 0 Å². The van der Waals surface area contributed by atoms with Crippen LogP contribution in [0.5, 0.6) is 0 Å². The molecule has 0 aliphatic carbocycles. The van der Waals surface area contributed by atoms with Gasteiger partial charge in [0.2, 0.25) is 0 Å². The molecule has 0 N–H and O–H groups in total. The van der Waals surface area contributed by atoms with Gasteiger partial charge < -0.3 is 4.74 Å². The molecule has 0 heterocycles. The summed E-state index contributed by atoms with van der Waals surface area (Å²) in [5, 5.41) is 0. The first-order valence-electron chi connectivity index (χ1n) is 5.30. The van der Waals surface area contributed by atoms with Crippen molar-refractivity contribution in [1.29, 1.82) is 0 Å². The highest BCUT2D eigenvalue weighted by Crippen LogP contribution is 2.11. The summed E-state index contributed by atoms with van der Waals surface area (Å²) in [6, 6.07) is 0. The lowest BCUT2D eigenvalue weighted by atomic mass is 10.0. The van der Waals surface area contributed by atoms with Gasteiger partial charge in [-0.1, -0.05) is 18.6 Å². The van der Waals surface area contributed by atoms with Crippen LogP contribution in [0.25, 0.3) is 0 Å². The van der Waals surface area contributed by atoms with Gasteiger partial charge in [0.05, 0.1) is 6.61 Å². The lowest BCUT2D eigenvalue weighted by molar-refractivity contribution is -0.141. The summed E-state index contributed by atoms with van der Waals surface area (Å²) in [7, 11) is 0. The van der Waals surface area contributed by atoms with E-state index < -0.39 is 0 Å². The van der Waals surface area contributed by atoms with E-state index in [-0.39, 0.29) is 5.97 Å². The van der Waals surface area contributed by atoms with E-state index in [9.17, 15) is 4.79 Å². The van der Waals surface area contributed by atoms with Crippen LogP contribution in [0.4, 0.5) is 0 Å². The fraction of sp³-hybridized carbons (Fsp3) is 0.750. The maximum atomic E-state index is 10.5. The molecule has 0 aromatic rings. The Morgan fingerprint density at radius 1 is 1.29 bits per heavy atom. The molecule has 0 aromatic heterocycles. The zero-order valence-electron chi connectivity index (χ0n) is 9.80. The van der Waals surface area contributed by atoms with Crippen molar-refractivity contribution in [2.45, 2.75) is 47.0 Å². The van der Waals surface area contributed by atoms with Gasteiger partial charge >= 0.3 is 5.97 Å². The predicted octanol–water partition coefficient (Wildman–Crippen LogP) is 3.32. The van der Waals surface area contributed by atoms with Gasteiger partial charge in [-0.3, -0.25) is 4.79 Å². The summed E-state index contributed by atoms with van der Waals surface area (Å²) in [4.78, 5) is 10.5. The van der Waals surface area contributed by atoms with Crippen LogP contribution in [-0.4, -0.2) is 12.6 Å². The van der Waals surface area contributed by atoms with E-state index in [1.165, 1.54) is 18.9 Å². The molecule has 0 saturated carbocycles. The molecule has 0 radical (unpaired) electrons. The summed E-state index contributed by atoms with van der Waals surface area (Å²) in [6.45, 7) is 8.48. The predicted molar refractivity (Wildman–Crippen MR) is 59.1 cm³/mol. The average Bonchev–Trinajstić information content (AvgIpc) is 2.01. The Morgan fingerprint density at radius 2 is 1.93 bits per heavy atom. The van der Waals surface area contributed by atoms with Gasteiger partial charge in [-0.05, 0) is 39.0 Å². The first kappa shape index (κ1) is 13.2. The quantitative estimate of drug-likeness (QED) is 0.372. The van der Waals surface area contributed by atoms with Crippen LogP contribution in [0.15, 0.2) is 11.6 Å². The van der Waals surface area contributed by atoms with Crippen LogP contribution < -0.4 is 0 Å². The molecule has 0 rings (SSSR count). The first-order valence-corrected chi connectivity index (χ1v) is 5.30. The highest BCUT2D eigenvalue weighted by Gasteiger charge is 1.98. The van der Waals surface area contributed by atoms with Crippen molar-refractivity contribution in [2.75, 3.05) is 6.61 Å². The molecule has 0 saturated heterocycles. The van der Waals surface area contributed by atoms with Crippen molar-refractivity contribution in [3.05, 3.63) is 11.6 Å². The Labute approximate surface area is 87.3 Å². The largest absolute Gasteiger partial charge is 0.466 e. The minimum Gasteiger partial charge on any atom is -0.466 e. The summed E-state index contributed by atoms with van der Waals surface area (Å²) >= 11 is 0. The summed E-state index contributed by atoms with van der Waals surface area (Å²) < 4.78 is 4.85. The molecular weight excluding hydrogens is 176 g/mol. The molecule has 0 fully saturated rings. The van der Waals surface area contributed by atoms with Crippen LogP contribution in [-0.2, 0) is 9.53 Å². The Hall–Kier alpha value is -0.790. The molecule has 0 bridgehead atoms. The molecule has 0 amide bonds. The molecule has 14 heavy (non-hydrogen) atoms. The van der Waals surface area contributed by atoms with Crippen LogP contribution in [0.3, 0.4) is 0 Å². The Bertz CT molecular complexity index is 190. The third kappa shape index (κ3) is 9.30. The van der Waals surface area contributed by atoms with E-state index in [4.69, 9.17) is 4.74 Å². The van der Waals surface area contributed by atoms with E-state index >= 15 is 0 Å². The number of unbranched alkanes of at least 4 members (excludes halogenated alkanes) is 1. The molecule has 0 aliphatic rings. The molecule has 1 atom stereocenters. The van der Waals surface area contributed by atoms with E-state index in [1.807, 2.05) is 0 Å². The number of carbonyl (C=O) groups is 1. The number of hydrogen-bond donors (Lipinski definition) is 0. The molecule has 1 unspecified atom stereocenters. The van der Waals surface area contributed by atoms with Crippen LogP contribution >= 0.6 is 0 Å². The number of esters is 1. The van der Waals surface area contributed by atoms with Crippen LogP contribution in [0.1, 0.15) is 47.0 Å². The molecule has 82 valence electrons. The molecule has 0 aliphatic heterocycles. The summed E-state index contributed by atoms with van der Waals surface area (Å²) in [5.74, 6) is 0.458. The second-order valence-corrected chi connectivity index (χ2v) is 4.06. The topological polar surface area (TPSA) is 26.3 Å². The van der Waals surface area contributed by atoms with Crippen molar-refractivity contribution in [3.8, 4) is 0 Å². The summed E-state index contributed by atoms with van der Waals surface area (Å²) in [5.41, 5.74) is 1.37. The fourth-order valence-corrected chi connectivity index (χ4v) is 1.44. The maximum absolute atomic E-state index is 10.5. The fourth-order valence-electron chi connectivity index (χ4n) is 1.44. The minimum absolute atomic E-state index is 0.178. The molecule has 0 aromatic carbocycles. The lowest BCUT2D eigenvalue weighted by Gasteiger charge is -2.06. The Balaban J connectivity index is 3.36. The molecule has 0 spiro atoms. The standard InChI is InChI=1S/C12H22O2/c1-10(2)9-11(3)7-5-6-8-14-12(4)13/h9,11H,5-8H2,1-4H3. The second-order valence-electron chi connectivity index (χ2n) is 4.06. The number of rotatable bonds is 6. The number of hydrogen-bond acceptors (Lipinski definition) is 2. The van der Waals surface area contributed by atoms with Crippen molar-refractivity contribution < 1.29 is 9.53 Å². The van der Waals surface area contributed by atoms with Crippen molar-refractivity contribution in [3.63, 3.8) is 0 Å². The maximum Gasteiger partial charge on any atom is 0.302 e. The van der Waals surface area contributed by atoms with E-state index in [2.05, 4.69) is 26.8 Å². The van der Waals surface area contributed by atoms with Gasteiger partial charge in [0.15, 0.2) is 0 Å². The normalized spacial score (nSPS) is 12.0. The number of carbonyl (C=O) groups excluding carboxylic acids is 1. The van der Waals surface area contributed by atoms with Gasteiger partial charge in [0.1, 0.15) is 0 Å². The highest BCUT2D eigenvalue weighted by molar-refractivity contribution is 5.65. The van der Waals surface area contributed by atoms with Crippen LogP contribution in [0, 0.1) is 5.92 Å². The lowest BCUT2D eigenvalue weighted by Crippen LogP contribution is -2.01. The van der Waals surface area contributed by atoms with Crippen LogP contribution in [0.2, 0.25) is 0 Å². The average molecular weight is 198 g/mol. The van der Waals surface area contributed by atoms with E-state index in [0.717, 1.165) is 12.8 Å². The number of ether oxygens (including phenoxy) is 1. The zero-order valence-corrected chi connectivity index (χ0v) is 9.80. The summed E-state index contributed by atoms with van der Waals surface area (Å²) in [6.07, 6.45) is 5.55. The molecule has 2 nitrogen and oxygen atoms in total. The second kappa shape index (κ2) is 7.60.